The number of nitrogens with two attached hydrogens (primary N) is 1. The summed E-state index contributed by atoms with van der Waals surface area (Å²) in [6.45, 7) is -0.418. The van der Waals surface area contributed by atoms with Gasteiger partial charge in [-0.15, -0.1) is 11.3 Å². The van der Waals surface area contributed by atoms with Gasteiger partial charge in [0.2, 0.25) is 10.0 Å². The van der Waals surface area contributed by atoms with Crippen LogP contribution in [0.4, 0.5) is 5.69 Å². The monoisotopic (exact) mass is 422 g/mol. The number of benzene rings is 1. The number of aryl methyl sites for hydroxylation is 2. The van der Waals surface area contributed by atoms with E-state index in [1.54, 1.807) is 0 Å². The van der Waals surface area contributed by atoms with E-state index in [2.05, 4.69) is 5.32 Å². The molecule has 0 bridgehead atoms. The third-order valence-electron chi connectivity index (χ3n) is 4.50. The summed E-state index contributed by atoms with van der Waals surface area (Å²) in [6, 6.07) is 7.30. The molecule has 3 N–H and O–H groups in total. The number of nitrogens with one attached hydrogen (secondary N) is 1. The Hall–Kier alpha value is -2.23. The first-order valence-electron chi connectivity index (χ1n) is 9.04. The molecule has 2 aromatic rings. The fraction of sp³-hybridized carbons (Fsp3) is 0.368. The van der Waals surface area contributed by atoms with Crippen molar-refractivity contribution in [3.8, 4) is 0 Å². The van der Waals surface area contributed by atoms with Gasteiger partial charge in [0.15, 0.2) is 6.61 Å². The Kier molecular flexibility index (Phi) is 6.48. The lowest BCUT2D eigenvalue weighted by Gasteiger charge is -2.07. The van der Waals surface area contributed by atoms with Crippen molar-refractivity contribution in [2.75, 3.05) is 11.9 Å². The zero-order valence-electron chi connectivity index (χ0n) is 15.3. The summed E-state index contributed by atoms with van der Waals surface area (Å²) in [7, 11) is -3.79. The smallest absolute Gasteiger partial charge is 0.348 e. The number of rotatable bonds is 5. The number of primary sulfonamides is 1. The summed E-state index contributed by atoms with van der Waals surface area (Å²) in [5, 5.41) is 7.57. The van der Waals surface area contributed by atoms with E-state index >= 15 is 0 Å². The largest absolute Gasteiger partial charge is 0.451 e. The molecule has 0 saturated heterocycles. The minimum atomic E-state index is -3.79. The number of hydrogen-bond donors (Lipinski definition) is 2. The van der Waals surface area contributed by atoms with Crippen LogP contribution in [0.3, 0.4) is 0 Å². The van der Waals surface area contributed by atoms with E-state index in [4.69, 9.17) is 9.88 Å². The van der Waals surface area contributed by atoms with Gasteiger partial charge >= 0.3 is 5.97 Å². The van der Waals surface area contributed by atoms with Gasteiger partial charge in [0.25, 0.3) is 5.91 Å². The van der Waals surface area contributed by atoms with Gasteiger partial charge in [-0.25, -0.2) is 18.4 Å². The number of sulfonamides is 1. The second-order valence-corrected chi connectivity index (χ2v) is 9.37. The molecule has 1 aliphatic carbocycles. The van der Waals surface area contributed by atoms with Crippen LogP contribution in [0.25, 0.3) is 0 Å². The zero-order valence-corrected chi connectivity index (χ0v) is 16.9. The van der Waals surface area contributed by atoms with Crippen molar-refractivity contribution in [1.29, 1.82) is 0 Å². The van der Waals surface area contributed by atoms with Crippen LogP contribution in [0.2, 0.25) is 0 Å². The number of esters is 1. The third-order valence-corrected chi connectivity index (χ3v) is 6.65. The summed E-state index contributed by atoms with van der Waals surface area (Å²) in [4.78, 5) is 26.0. The summed E-state index contributed by atoms with van der Waals surface area (Å²) < 4.78 is 27.6. The molecule has 28 heavy (non-hydrogen) atoms. The van der Waals surface area contributed by atoms with Gasteiger partial charge in [0, 0.05) is 10.6 Å². The Balaban J connectivity index is 1.54. The molecule has 7 nitrogen and oxygen atoms in total. The van der Waals surface area contributed by atoms with Crippen LogP contribution >= 0.6 is 11.3 Å². The molecule has 0 saturated carbocycles. The lowest BCUT2D eigenvalue weighted by Crippen LogP contribution is -2.20. The molecule has 0 radical (unpaired) electrons. The number of carbonyl (C=O) groups is 2. The van der Waals surface area contributed by atoms with Crippen LogP contribution in [0.15, 0.2) is 35.2 Å². The normalized spacial score (nSPS) is 14.5. The number of carbonyl (C=O) groups excluding carboxylic acids is 2. The van der Waals surface area contributed by atoms with Crippen molar-refractivity contribution in [1.82, 2.24) is 0 Å². The Labute approximate surface area is 167 Å². The highest BCUT2D eigenvalue weighted by atomic mass is 32.2. The number of anilines is 1. The van der Waals surface area contributed by atoms with E-state index in [-0.39, 0.29) is 4.90 Å². The molecule has 150 valence electrons. The second-order valence-electron chi connectivity index (χ2n) is 6.67. The molecule has 1 heterocycles. The van der Waals surface area contributed by atoms with Gasteiger partial charge in [-0.1, -0.05) is 12.8 Å². The van der Waals surface area contributed by atoms with Crippen molar-refractivity contribution in [2.45, 2.75) is 43.4 Å². The number of ether oxygens (including phenoxy) is 1. The predicted molar refractivity (Wildman–Crippen MR) is 107 cm³/mol. The standard InChI is InChI=1S/C19H22N2O5S2/c20-28(24,25)15-9-7-14(8-10-15)21-18(22)12-26-19(23)17-11-13-5-3-1-2-4-6-16(13)27-17/h7-11H,1-6,12H2,(H,21,22)(H2,20,24,25). The van der Waals surface area contributed by atoms with Crippen molar-refractivity contribution in [3.05, 3.63) is 45.6 Å². The van der Waals surface area contributed by atoms with Crippen LogP contribution in [0, 0.1) is 0 Å². The molecule has 0 spiro atoms. The molecule has 0 atom stereocenters. The van der Waals surface area contributed by atoms with Gasteiger partial charge in [-0.3, -0.25) is 4.79 Å². The molecular formula is C19H22N2O5S2. The van der Waals surface area contributed by atoms with Crippen LogP contribution in [-0.2, 0) is 32.4 Å². The van der Waals surface area contributed by atoms with E-state index in [9.17, 15) is 18.0 Å². The lowest BCUT2D eigenvalue weighted by molar-refractivity contribution is -0.119. The molecule has 0 unspecified atom stereocenters. The highest BCUT2D eigenvalue weighted by molar-refractivity contribution is 7.89. The van der Waals surface area contributed by atoms with Gasteiger partial charge in [0.1, 0.15) is 4.88 Å². The van der Waals surface area contributed by atoms with E-state index in [0.29, 0.717) is 10.6 Å². The molecule has 0 fully saturated rings. The summed E-state index contributed by atoms with van der Waals surface area (Å²) in [6.07, 6.45) is 6.67. The van der Waals surface area contributed by atoms with E-state index in [1.165, 1.54) is 58.9 Å². The number of amides is 1. The second kappa shape index (κ2) is 8.85. The van der Waals surface area contributed by atoms with E-state index < -0.39 is 28.5 Å². The fourth-order valence-corrected chi connectivity index (χ4v) is 4.73. The fourth-order valence-electron chi connectivity index (χ4n) is 3.07. The third kappa shape index (κ3) is 5.40. The van der Waals surface area contributed by atoms with E-state index in [0.717, 1.165) is 25.7 Å². The van der Waals surface area contributed by atoms with Crippen LogP contribution in [0.5, 0.6) is 0 Å². The topological polar surface area (TPSA) is 116 Å². The zero-order chi connectivity index (χ0) is 20.1. The van der Waals surface area contributed by atoms with Crippen LogP contribution in [0.1, 0.15) is 45.8 Å². The number of hydrogen-bond acceptors (Lipinski definition) is 6. The van der Waals surface area contributed by atoms with Crippen molar-refractivity contribution in [2.24, 2.45) is 5.14 Å². The quantitative estimate of drug-likeness (QED) is 0.719. The van der Waals surface area contributed by atoms with Crippen LogP contribution in [-0.4, -0.2) is 26.9 Å². The maximum absolute atomic E-state index is 12.3. The maximum Gasteiger partial charge on any atom is 0.348 e. The molecule has 3 rings (SSSR count). The molecule has 1 aromatic carbocycles. The highest BCUT2D eigenvalue weighted by Crippen LogP contribution is 2.28. The Bertz CT molecular complexity index is 939. The lowest BCUT2D eigenvalue weighted by atomic mass is 10.00. The molecule has 1 aromatic heterocycles. The molecular weight excluding hydrogens is 400 g/mol. The minimum absolute atomic E-state index is 0.0508. The number of fused-ring (bicyclic) bond motifs is 1. The Morgan fingerprint density at radius 2 is 1.75 bits per heavy atom. The first-order valence-corrected chi connectivity index (χ1v) is 11.4. The average molecular weight is 423 g/mol. The minimum Gasteiger partial charge on any atom is -0.451 e. The first-order chi connectivity index (χ1) is 13.3. The molecule has 0 aliphatic heterocycles. The average Bonchev–Trinajstić information content (AvgIpc) is 3.01. The van der Waals surface area contributed by atoms with E-state index in [1.807, 2.05) is 6.07 Å². The van der Waals surface area contributed by atoms with Crippen molar-refractivity contribution in [3.63, 3.8) is 0 Å². The number of thiophene rings is 1. The van der Waals surface area contributed by atoms with Gasteiger partial charge in [-0.05, 0) is 61.6 Å². The van der Waals surface area contributed by atoms with Crippen molar-refractivity contribution >= 4 is 38.9 Å². The summed E-state index contributed by atoms with van der Waals surface area (Å²) in [5.74, 6) is -1.01. The maximum atomic E-state index is 12.3. The SMILES string of the molecule is NS(=O)(=O)c1ccc(NC(=O)COC(=O)c2cc3c(s2)CCCCCC3)cc1. The van der Waals surface area contributed by atoms with Crippen molar-refractivity contribution < 1.29 is 22.7 Å². The molecule has 1 amide bonds. The summed E-state index contributed by atoms with van der Waals surface area (Å²) >= 11 is 1.45. The van der Waals surface area contributed by atoms with Gasteiger partial charge in [0.05, 0.1) is 4.90 Å². The Morgan fingerprint density at radius 1 is 1.07 bits per heavy atom. The van der Waals surface area contributed by atoms with Gasteiger partial charge in [-0.2, -0.15) is 0 Å². The first kappa shape index (κ1) is 20.5. The molecule has 9 heteroatoms. The highest BCUT2D eigenvalue weighted by Gasteiger charge is 2.18. The van der Waals surface area contributed by atoms with Crippen LogP contribution < -0.4 is 10.5 Å². The Morgan fingerprint density at radius 3 is 2.43 bits per heavy atom. The molecule has 1 aliphatic rings. The van der Waals surface area contributed by atoms with Gasteiger partial charge < -0.3 is 10.1 Å². The summed E-state index contributed by atoms with van der Waals surface area (Å²) in [5.41, 5.74) is 1.60. The predicted octanol–water partition coefficient (Wildman–Crippen LogP) is 2.85.